The van der Waals surface area contributed by atoms with Crippen LogP contribution < -0.4 is 0 Å². The molecule has 0 spiro atoms. The van der Waals surface area contributed by atoms with Crippen LogP contribution in [0.25, 0.3) is 0 Å². The SMILES string of the molecule is CC/C=C\C/C=C\C/C=C\C/C=C\C/C=C\C/C=C\CCC(=O)OCC(COP(=O)(O)OCC(O)COP(=O)(O)OCC(COC(=O)CCC/C=C\C/C=C\C/C=C\C/C=C\C/C=C\CC)OC(=O)CCCCCC/C=C\C/C=C\C/C=C\C/C=C\CC)OC(=O)CCCCCCCCCCCCC. The summed E-state index contributed by atoms with van der Waals surface area (Å²) in [5, 5.41) is 10.6. The number of ether oxygens (including phenoxy) is 4. The molecule has 0 aliphatic heterocycles. The minimum atomic E-state index is -5.01. The van der Waals surface area contributed by atoms with E-state index in [0.29, 0.717) is 38.5 Å². The average Bonchev–Trinajstić information content (AvgIpc) is 0.931. The van der Waals surface area contributed by atoms with Crippen LogP contribution in [0.5, 0.6) is 0 Å². The van der Waals surface area contributed by atoms with Gasteiger partial charge in [-0.25, -0.2) is 9.13 Å². The maximum atomic E-state index is 13.1. The molecule has 5 unspecified atom stereocenters. The van der Waals surface area contributed by atoms with Crippen LogP contribution in [-0.2, 0) is 65.4 Å². The summed E-state index contributed by atoms with van der Waals surface area (Å²) in [5.74, 6) is -2.38. The fraction of sp³-hybridized carbons (Fsp3) is 0.600. The van der Waals surface area contributed by atoms with Gasteiger partial charge in [0.25, 0.3) is 0 Å². The highest BCUT2D eigenvalue weighted by Crippen LogP contribution is 2.45. The van der Waals surface area contributed by atoms with Crippen LogP contribution in [0.15, 0.2) is 182 Å². The Kier molecular flexibility index (Phi) is 71.2. The number of phosphoric acid groups is 2. The zero-order valence-electron chi connectivity index (χ0n) is 64.1. The quantitative estimate of drug-likeness (QED) is 0.0169. The van der Waals surface area contributed by atoms with Gasteiger partial charge in [0, 0.05) is 25.7 Å². The van der Waals surface area contributed by atoms with Crippen LogP contribution in [0.1, 0.15) is 272 Å². The van der Waals surface area contributed by atoms with Crippen molar-refractivity contribution in [3.63, 3.8) is 0 Å². The van der Waals surface area contributed by atoms with E-state index in [4.69, 9.17) is 37.0 Å². The number of carbonyl (C=O) groups excluding carboxylic acids is 4. The van der Waals surface area contributed by atoms with E-state index in [2.05, 4.69) is 180 Å². The van der Waals surface area contributed by atoms with E-state index in [1.165, 1.54) is 38.5 Å². The number of esters is 4. The van der Waals surface area contributed by atoms with Gasteiger partial charge >= 0.3 is 39.5 Å². The molecule has 17 nitrogen and oxygen atoms in total. The first-order chi connectivity index (χ1) is 50.7. The summed E-state index contributed by atoms with van der Waals surface area (Å²) in [6.45, 7) is 4.32. The van der Waals surface area contributed by atoms with E-state index in [1.54, 1.807) is 0 Å². The largest absolute Gasteiger partial charge is 0.472 e. The lowest BCUT2D eigenvalue weighted by atomic mass is 10.1. The van der Waals surface area contributed by atoms with E-state index < -0.39 is 97.5 Å². The molecule has 0 rings (SSSR count). The lowest BCUT2D eigenvalue weighted by Gasteiger charge is -2.21. The maximum Gasteiger partial charge on any atom is 0.472 e. The van der Waals surface area contributed by atoms with Gasteiger partial charge in [-0.15, -0.1) is 0 Å². The Morgan fingerprint density at radius 1 is 0.279 bits per heavy atom. The highest BCUT2D eigenvalue weighted by atomic mass is 31.2. The summed E-state index contributed by atoms with van der Waals surface area (Å²) in [7, 11) is -10.0. The summed E-state index contributed by atoms with van der Waals surface area (Å²) < 4.78 is 68.4. The molecule has 0 saturated carbocycles. The van der Waals surface area contributed by atoms with Crippen molar-refractivity contribution >= 4 is 39.5 Å². The highest BCUT2D eigenvalue weighted by molar-refractivity contribution is 7.47. The number of aliphatic hydroxyl groups excluding tert-OH is 1. The molecule has 0 aromatic heterocycles. The summed E-state index contributed by atoms with van der Waals surface area (Å²) in [6, 6.07) is 0. The Morgan fingerprint density at radius 3 is 0.856 bits per heavy atom. The number of phosphoric ester groups is 2. The van der Waals surface area contributed by atoms with Crippen LogP contribution in [0.2, 0.25) is 0 Å². The van der Waals surface area contributed by atoms with Crippen molar-refractivity contribution in [1.82, 2.24) is 0 Å². The Labute approximate surface area is 628 Å². The van der Waals surface area contributed by atoms with Crippen molar-refractivity contribution < 1.29 is 80.2 Å². The van der Waals surface area contributed by atoms with Gasteiger partial charge in [0.1, 0.15) is 19.3 Å². The van der Waals surface area contributed by atoms with Crippen LogP contribution in [0.3, 0.4) is 0 Å². The predicted octanol–water partition coefficient (Wildman–Crippen LogP) is 22.8. The maximum absolute atomic E-state index is 13.1. The first kappa shape index (κ1) is 98.2. The molecule has 104 heavy (non-hydrogen) atoms. The van der Waals surface area contributed by atoms with Crippen molar-refractivity contribution in [2.45, 2.75) is 290 Å². The molecule has 0 aliphatic rings. The molecule has 0 fully saturated rings. The van der Waals surface area contributed by atoms with Crippen molar-refractivity contribution in [2.24, 2.45) is 0 Å². The Morgan fingerprint density at radius 2 is 0.529 bits per heavy atom. The standard InChI is InChI=1S/C85H136O17P2/c1-5-9-13-17-21-25-29-32-35-38-39-42-44-47-51-54-58-62-66-70-82(87)95-75-80(101-84(89)71-67-63-59-55-49-28-24-20-16-12-8-4)77-99-103(91,92)97-73-79(86)74-98-104(93,94)100-78-81(102-85(90)72-68-64-60-56-52-48-45-41-37-34-31-27-23-19-15-11-7-3)76-96-83(88)69-65-61-57-53-50-46-43-40-36-33-30-26-22-18-14-10-6-2/h9-11,13-15,21-23,25-27,32-37,39,42-43,45-48,51,53,57-58,62,79-81,86H,5-8,12,16-20,24,28-31,38,40-41,44,49-50,52,54-56,59-61,63-78H2,1-4H3,(H,91,92)(H,93,94)/b13-9-,14-10-,15-11-,25-21-,26-22-,27-23-,35-32-,36-33-,37-34-,42-39-,46-43-,48-45-,51-47-,57-53-,62-58-. The van der Waals surface area contributed by atoms with Gasteiger partial charge in [-0.1, -0.05) is 287 Å². The van der Waals surface area contributed by atoms with Gasteiger partial charge in [0.05, 0.1) is 26.4 Å². The third-order valence-electron chi connectivity index (χ3n) is 15.4. The van der Waals surface area contributed by atoms with E-state index in [1.807, 2.05) is 30.4 Å². The monoisotopic (exact) mass is 1490 g/mol. The van der Waals surface area contributed by atoms with Crippen molar-refractivity contribution in [1.29, 1.82) is 0 Å². The molecule has 0 radical (unpaired) electrons. The van der Waals surface area contributed by atoms with Gasteiger partial charge < -0.3 is 33.8 Å². The zero-order chi connectivity index (χ0) is 76.0. The number of rotatable bonds is 71. The van der Waals surface area contributed by atoms with E-state index >= 15 is 0 Å². The molecule has 5 atom stereocenters. The van der Waals surface area contributed by atoms with Crippen LogP contribution in [0.4, 0.5) is 0 Å². The van der Waals surface area contributed by atoms with Gasteiger partial charge in [-0.2, -0.15) is 0 Å². The second-order valence-electron chi connectivity index (χ2n) is 25.2. The van der Waals surface area contributed by atoms with Crippen molar-refractivity contribution in [2.75, 3.05) is 39.6 Å². The molecule has 0 bridgehead atoms. The van der Waals surface area contributed by atoms with Gasteiger partial charge in [0.15, 0.2) is 12.2 Å². The molecule has 0 saturated heterocycles. The molecule has 0 aromatic carbocycles. The number of aliphatic hydroxyl groups is 1. The first-order valence-corrected chi connectivity index (χ1v) is 42.0. The van der Waals surface area contributed by atoms with Gasteiger partial charge in [-0.05, 0) is 141 Å². The molecule has 588 valence electrons. The van der Waals surface area contributed by atoms with Crippen LogP contribution in [0, 0.1) is 0 Å². The minimum Gasteiger partial charge on any atom is -0.462 e. The third-order valence-corrected chi connectivity index (χ3v) is 17.3. The molecule has 0 amide bonds. The van der Waals surface area contributed by atoms with Crippen LogP contribution >= 0.6 is 15.6 Å². The Balaban J connectivity index is 5.48. The average molecular weight is 1490 g/mol. The van der Waals surface area contributed by atoms with E-state index in [9.17, 15) is 43.2 Å². The van der Waals surface area contributed by atoms with Crippen molar-refractivity contribution in [3.05, 3.63) is 182 Å². The second-order valence-corrected chi connectivity index (χ2v) is 28.1. The molecule has 3 N–H and O–H groups in total. The Bertz CT molecular complexity index is 2690. The number of allylic oxidation sites excluding steroid dienone is 30. The number of hydrogen-bond donors (Lipinski definition) is 3. The number of unbranched alkanes of at least 4 members (excludes halogenated alkanes) is 15. The van der Waals surface area contributed by atoms with Gasteiger partial charge in [-0.3, -0.25) is 37.3 Å². The molecule has 19 heteroatoms. The van der Waals surface area contributed by atoms with Crippen LogP contribution in [-0.4, -0.2) is 96.7 Å². The zero-order valence-corrected chi connectivity index (χ0v) is 65.9. The first-order valence-electron chi connectivity index (χ1n) is 39.0. The molecule has 0 aliphatic carbocycles. The molecular weight excluding hydrogens is 1350 g/mol. The lowest BCUT2D eigenvalue weighted by Crippen LogP contribution is -2.30. The normalized spacial score (nSPS) is 14.9. The Hall–Kier alpha value is -5.84. The van der Waals surface area contributed by atoms with E-state index in [0.717, 1.165) is 141 Å². The minimum absolute atomic E-state index is 0.0302. The fourth-order valence-corrected chi connectivity index (χ4v) is 11.1. The number of carbonyl (C=O) groups is 4. The summed E-state index contributed by atoms with van der Waals surface area (Å²) in [5.41, 5.74) is 0. The predicted molar refractivity (Wildman–Crippen MR) is 426 cm³/mol. The third kappa shape index (κ3) is 74.4. The summed E-state index contributed by atoms with van der Waals surface area (Å²) in [6.07, 6.45) is 90.5. The van der Waals surface area contributed by atoms with Crippen molar-refractivity contribution in [3.8, 4) is 0 Å². The number of hydrogen-bond acceptors (Lipinski definition) is 15. The summed E-state index contributed by atoms with van der Waals surface area (Å²) in [4.78, 5) is 72.9. The molecule has 0 aromatic rings. The smallest absolute Gasteiger partial charge is 0.462 e. The topological polar surface area (TPSA) is 237 Å². The molecular formula is C85H136O17P2. The van der Waals surface area contributed by atoms with Gasteiger partial charge in [0.2, 0.25) is 0 Å². The second kappa shape index (κ2) is 75.4. The van der Waals surface area contributed by atoms with E-state index in [-0.39, 0.29) is 25.7 Å². The summed E-state index contributed by atoms with van der Waals surface area (Å²) >= 11 is 0. The lowest BCUT2D eigenvalue weighted by molar-refractivity contribution is -0.161. The fourth-order valence-electron chi connectivity index (χ4n) is 9.57. The molecule has 0 heterocycles. The highest BCUT2D eigenvalue weighted by Gasteiger charge is 2.30.